The molecule has 0 saturated carbocycles. The molecule has 0 heterocycles. The number of hydrogen-bond acceptors (Lipinski definition) is 3. The molecule has 3 heteroatoms. The van der Waals surface area contributed by atoms with E-state index in [2.05, 4.69) is 12.2 Å². The molecule has 0 aliphatic heterocycles. The van der Waals surface area contributed by atoms with Crippen LogP contribution in [0.2, 0.25) is 0 Å². The van der Waals surface area contributed by atoms with Crippen LogP contribution in [0.15, 0.2) is 0 Å². The summed E-state index contributed by atoms with van der Waals surface area (Å²) >= 11 is 0. The van der Waals surface area contributed by atoms with E-state index < -0.39 is 0 Å². The number of ether oxygens (including phenoxy) is 2. The van der Waals surface area contributed by atoms with Crippen LogP contribution in [-0.4, -0.2) is 39.0 Å². The van der Waals surface area contributed by atoms with Gasteiger partial charge >= 0.3 is 0 Å². The van der Waals surface area contributed by atoms with Crippen molar-refractivity contribution in [2.75, 3.05) is 26.8 Å². The first kappa shape index (κ1) is 13.9. The predicted octanol–water partition coefficient (Wildman–Crippen LogP) is 1.82. The van der Waals surface area contributed by atoms with Gasteiger partial charge in [0.25, 0.3) is 0 Å². The zero-order chi connectivity index (χ0) is 10.8. The SMILES string of the molecule is CNCCCC(C)OCCOC(C)C. The molecule has 0 spiro atoms. The molecule has 86 valence electrons. The molecule has 1 N–H and O–H groups in total. The second kappa shape index (κ2) is 9.44. The standard InChI is InChI=1S/C11H25NO2/c1-10(2)13-8-9-14-11(3)6-5-7-12-4/h10-12H,5-9H2,1-4H3. The monoisotopic (exact) mass is 203 g/mol. The summed E-state index contributed by atoms with van der Waals surface area (Å²) in [5.74, 6) is 0. The molecule has 3 nitrogen and oxygen atoms in total. The van der Waals surface area contributed by atoms with Gasteiger partial charge in [0.05, 0.1) is 25.4 Å². The molecule has 1 unspecified atom stereocenters. The third-order valence-corrected chi connectivity index (χ3v) is 1.97. The van der Waals surface area contributed by atoms with Crippen LogP contribution in [0.4, 0.5) is 0 Å². The zero-order valence-corrected chi connectivity index (χ0v) is 10.0. The minimum Gasteiger partial charge on any atom is -0.376 e. The van der Waals surface area contributed by atoms with Gasteiger partial charge in [-0.2, -0.15) is 0 Å². The molecule has 0 aromatic carbocycles. The van der Waals surface area contributed by atoms with Crippen molar-refractivity contribution in [3.63, 3.8) is 0 Å². The van der Waals surface area contributed by atoms with Gasteiger partial charge in [0.1, 0.15) is 0 Å². The highest BCUT2D eigenvalue weighted by atomic mass is 16.5. The highest BCUT2D eigenvalue weighted by molar-refractivity contribution is 4.52. The molecule has 14 heavy (non-hydrogen) atoms. The second-order valence-electron chi connectivity index (χ2n) is 3.85. The van der Waals surface area contributed by atoms with E-state index in [1.807, 2.05) is 20.9 Å². The third-order valence-electron chi connectivity index (χ3n) is 1.97. The van der Waals surface area contributed by atoms with E-state index in [-0.39, 0.29) is 0 Å². The molecule has 1 atom stereocenters. The van der Waals surface area contributed by atoms with Gasteiger partial charge in [-0.05, 0) is 47.2 Å². The van der Waals surface area contributed by atoms with E-state index in [1.165, 1.54) is 6.42 Å². The Kier molecular flexibility index (Phi) is 9.35. The lowest BCUT2D eigenvalue weighted by Gasteiger charge is -2.13. The Hall–Kier alpha value is -0.120. The Balaban J connectivity index is 3.14. The highest BCUT2D eigenvalue weighted by Gasteiger charge is 2.01. The Bertz CT molecular complexity index is 118. The summed E-state index contributed by atoms with van der Waals surface area (Å²) in [4.78, 5) is 0. The molecule has 0 fully saturated rings. The van der Waals surface area contributed by atoms with E-state index in [0.29, 0.717) is 25.4 Å². The molecular formula is C11H25NO2. The number of nitrogens with one attached hydrogen (secondary N) is 1. The predicted molar refractivity (Wildman–Crippen MR) is 59.7 cm³/mol. The first-order chi connectivity index (χ1) is 6.66. The van der Waals surface area contributed by atoms with Crippen molar-refractivity contribution in [1.82, 2.24) is 5.32 Å². The van der Waals surface area contributed by atoms with Crippen LogP contribution in [0.3, 0.4) is 0 Å². The normalized spacial score (nSPS) is 13.5. The maximum Gasteiger partial charge on any atom is 0.0704 e. The van der Waals surface area contributed by atoms with Crippen LogP contribution in [0.5, 0.6) is 0 Å². The van der Waals surface area contributed by atoms with E-state index in [1.54, 1.807) is 0 Å². The fourth-order valence-electron chi connectivity index (χ4n) is 1.18. The quantitative estimate of drug-likeness (QED) is 0.580. The van der Waals surface area contributed by atoms with Crippen molar-refractivity contribution in [1.29, 1.82) is 0 Å². The lowest BCUT2D eigenvalue weighted by Crippen LogP contribution is -2.17. The Labute approximate surface area is 88.2 Å². The fourth-order valence-corrected chi connectivity index (χ4v) is 1.18. The molecule has 0 rings (SSSR count). The van der Waals surface area contributed by atoms with Crippen LogP contribution in [0.1, 0.15) is 33.6 Å². The van der Waals surface area contributed by atoms with Crippen molar-refractivity contribution >= 4 is 0 Å². The van der Waals surface area contributed by atoms with Crippen molar-refractivity contribution in [3.05, 3.63) is 0 Å². The highest BCUT2D eigenvalue weighted by Crippen LogP contribution is 2.00. The van der Waals surface area contributed by atoms with E-state index in [9.17, 15) is 0 Å². The molecule has 0 aromatic rings. The largest absolute Gasteiger partial charge is 0.376 e. The van der Waals surface area contributed by atoms with Crippen molar-refractivity contribution in [2.24, 2.45) is 0 Å². The van der Waals surface area contributed by atoms with Crippen LogP contribution < -0.4 is 5.32 Å². The molecule has 0 aromatic heterocycles. The zero-order valence-electron chi connectivity index (χ0n) is 10.0. The first-order valence-electron chi connectivity index (χ1n) is 5.54. The van der Waals surface area contributed by atoms with Crippen LogP contribution >= 0.6 is 0 Å². The van der Waals surface area contributed by atoms with Crippen LogP contribution in [-0.2, 0) is 9.47 Å². The summed E-state index contributed by atoms with van der Waals surface area (Å²) in [5.41, 5.74) is 0. The van der Waals surface area contributed by atoms with Gasteiger partial charge in [0.2, 0.25) is 0 Å². The maximum absolute atomic E-state index is 5.59. The summed E-state index contributed by atoms with van der Waals surface area (Å²) in [6.45, 7) is 8.67. The molecule has 0 saturated heterocycles. The summed E-state index contributed by atoms with van der Waals surface area (Å²) in [5, 5.41) is 3.13. The summed E-state index contributed by atoms with van der Waals surface area (Å²) < 4.78 is 11.0. The number of hydrogen-bond donors (Lipinski definition) is 1. The van der Waals surface area contributed by atoms with Gasteiger partial charge in [-0.1, -0.05) is 0 Å². The molecule has 0 amide bonds. The van der Waals surface area contributed by atoms with Crippen LogP contribution in [0, 0.1) is 0 Å². The van der Waals surface area contributed by atoms with E-state index in [4.69, 9.17) is 9.47 Å². The first-order valence-corrected chi connectivity index (χ1v) is 5.54. The van der Waals surface area contributed by atoms with Crippen molar-refractivity contribution < 1.29 is 9.47 Å². The smallest absolute Gasteiger partial charge is 0.0704 e. The van der Waals surface area contributed by atoms with Gasteiger partial charge in [0, 0.05) is 0 Å². The van der Waals surface area contributed by atoms with Gasteiger partial charge in [-0.25, -0.2) is 0 Å². The fraction of sp³-hybridized carbons (Fsp3) is 1.00. The van der Waals surface area contributed by atoms with Gasteiger partial charge < -0.3 is 14.8 Å². The van der Waals surface area contributed by atoms with Gasteiger partial charge in [-0.15, -0.1) is 0 Å². The molecule has 0 aliphatic carbocycles. The Morgan fingerprint density at radius 2 is 1.71 bits per heavy atom. The van der Waals surface area contributed by atoms with Gasteiger partial charge in [-0.3, -0.25) is 0 Å². The molecule has 0 aliphatic rings. The molecule has 0 radical (unpaired) electrons. The van der Waals surface area contributed by atoms with E-state index >= 15 is 0 Å². The lowest BCUT2D eigenvalue weighted by atomic mass is 10.2. The van der Waals surface area contributed by atoms with E-state index in [0.717, 1.165) is 13.0 Å². The summed E-state index contributed by atoms with van der Waals surface area (Å²) in [6.07, 6.45) is 2.93. The average molecular weight is 203 g/mol. The maximum atomic E-state index is 5.59. The average Bonchev–Trinajstić information content (AvgIpc) is 2.13. The van der Waals surface area contributed by atoms with Crippen molar-refractivity contribution in [2.45, 2.75) is 45.8 Å². The van der Waals surface area contributed by atoms with Crippen molar-refractivity contribution in [3.8, 4) is 0 Å². The third kappa shape index (κ3) is 9.96. The Morgan fingerprint density at radius 3 is 2.29 bits per heavy atom. The summed E-state index contributed by atoms with van der Waals surface area (Å²) in [7, 11) is 1.97. The molecular weight excluding hydrogens is 178 g/mol. The minimum absolute atomic E-state index is 0.304. The second-order valence-corrected chi connectivity index (χ2v) is 3.85. The number of rotatable bonds is 9. The Morgan fingerprint density at radius 1 is 1.07 bits per heavy atom. The minimum atomic E-state index is 0.304. The van der Waals surface area contributed by atoms with Crippen LogP contribution in [0.25, 0.3) is 0 Å². The lowest BCUT2D eigenvalue weighted by molar-refractivity contribution is -0.00930. The molecule has 0 bridgehead atoms. The van der Waals surface area contributed by atoms with Gasteiger partial charge in [0.15, 0.2) is 0 Å². The summed E-state index contributed by atoms with van der Waals surface area (Å²) in [6, 6.07) is 0. The topological polar surface area (TPSA) is 30.5 Å².